The number of aliphatic imine (C=N–C) groups is 1. The van der Waals surface area contributed by atoms with Crippen LogP contribution in [0.5, 0.6) is 0 Å². The van der Waals surface area contributed by atoms with Gasteiger partial charge in [-0.15, -0.1) is 0 Å². The van der Waals surface area contributed by atoms with Crippen LogP contribution < -0.4 is 11.1 Å². The first-order valence-corrected chi connectivity index (χ1v) is 7.40. The van der Waals surface area contributed by atoms with Gasteiger partial charge in [0.05, 0.1) is 19.2 Å². The Hall–Kier alpha value is -1.46. The van der Waals surface area contributed by atoms with E-state index in [9.17, 15) is 4.79 Å². The second kappa shape index (κ2) is 7.97. The number of hydrogen-bond acceptors (Lipinski definition) is 3. The number of carbonyl (C=O) groups is 1. The van der Waals surface area contributed by atoms with Gasteiger partial charge in [-0.25, -0.2) is 4.79 Å². The molecule has 20 heavy (non-hydrogen) atoms. The van der Waals surface area contributed by atoms with E-state index < -0.39 is 0 Å². The van der Waals surface area contributed by atoms with Crippen LogP contribution in [0.3, 0.4) is 0 Å². The highest BCUT2D eigenvalue weighted by atomic mass is 16.5. The van der Waals surface area contributed by atoms with Crippen molar-refractivity contribution in [2.24, 2.45) is 16.6 Å². The summed E-state index contributed by atoms with van der Waals surface area (Å²) in [7, 11) is 1.97. The molecule has 1 aliphatic carbocycles. The molecule has 0 aliphatic heterocycles. The van der Waals surface area contributed by atoms with Gasteiger partial charge in [-0.3, -0.25) is 4.99 Å². The zero-order valence-electron chi connectivity index (χ0n) is 13.1. The molecule has 6 nitrogen and oxygen atoms in total. The van der Waals surface area contributed by atoms with Crippen LogP contribution in [-0.4, -0.2) is 49.2 Å². The molecule has 0 radical (unpaired) electrons. The van der Waals surface area contributed by atoms with Crippen molar-refractivity contribution in [1.82, 2.24) is 10.2 Å². The summed E-state index contributed by atoms with van der Waals surface area (Å²) in [6.45, 7) is 6.88. The number of nitrogens with zero attached hydrogens (tertiary/aromatic N) is 2. The smallest absolute Gasteiger partial charge is 0.407 e. The predicted molar refractivity (Wildman–Crippen MR) is 80.7 cm³/mol. The van der Waals surface area contributed by atoms with Crippen molar-refractivity contribution in [3.05, 3.63) is 0 Å². The van der Waals surface area contributed by atoms with Gasteiger partial charge in [-0.05, 0) is 32.1 Å². The minimum atomic E-state index is -0.387. The molecule has 1 aliphatic rings. The molecule has 116 valence electrons. The van der Waals surface area contributed by atoms with Gasteiger partial charge in [-0.2, -0.15) is 0 Å². The van der Waals surface area contributed by atoms with Crippen LogP contribution in [0.25, 0.3) is 0 Å². The first-order chi connectivity index (χ1) is 9.43. The van der Waals surface area contributed by atoms with E-state index in [0.717, 1.165) is 6.42 Å². The lowest BCUT2D eigenvalue weighted by Gasteiger charge is -2.21. The number of nitrogens with one attached hydrogen (secondary N) is 1. The van der Waals surface area contributed by atoms with Crippen LogP contribution in [-0.2, 0) is 4.74 Å². The third kappa shape index (κ3) is 6.12. The van der Waals surface area contributed by atoms with Crippen LogP contribution in [0.2, 0.25) is 0 Å². The van der Waals surface area contributed by atoms with Crippen LogP contribution in [0.15, 0.2) is 4.99 Å². The van der Waals surface area contributed by atoms with Crippen LogP contribution in [0.4, 0.5) is 4.79 Å². The molecule has 1 saturated carbocycles. The van der Waals surface area contributed by atoms with E-state index >= 15 is 0 Å². The predicted octanol–water partition coefficient (Wildman–Crippen LogP) is 1.56. The van der Waals surface area contributed by atoms with Gasteiger partial charge in [0.1, 0.15) is 0 Å². The second-order valence-electron chi connectivity index (χ2n) is 5.73. The maximum Gasteiger partial charge on any atom is 0.407 e. The van der Waals surface area contributed by atoms with Gasteiger partial charge in [0.25, 0.3) is 0 Å². The lowest BCUT2D eigenvalue weighted by Crippen LogP contribution is -2.41. The fourth-order valence-electron chi connectivity index (χ4n) is 2.05. The molecule has 1 atom stereocenters. The fourth-order valence-corrected chi connectivity index (χ4v) is 2.05. The molecule has 3 N–H and O–H groups in total. The maximum absolute atomic E-state index is 11.5. The number of nitrogens with two attached hydrogens (primary N) is 1. The Morgan fingerprint density at radius 2 is 2.15 bits per heavy atom. The molecule has 0 bridgehead atoms. The lowest BCUT2D eigenvalue weighted by atomic mass is 10.0. The van der Waals surface area contributed by atoms with Gasteiger partial charge in [0.15, 0.2) is 5.96 Å². The highest BCUT2D eigenvalue weighted by Crippen LogP contribution is 2.24. The third-order valence-electron chi connectivity index (χ3n) is 3.28. The van der Waals surface area contributed by atoms with Crippen molar-refractivity contribution in [3.63, 3.8) is 0 Å². The normalized spacial score (nSPS) is 16.9. The number of carbonyl (C=O) groups excluding carboxylic acids is 1. The summed E-state index contributed by atoms with van der Waals surface area (Å²) in [5.74, 6) is 1.02. The minimum Gasteiger partial charge on any atom is -0.450 e. The molecule has 1 fully saturated rings. The molecule has 0 aromatic rings. The molecule has 1 amide bonds. The first kappa shape index (κ1) is 16.6. The SMILES string of the molecule is CCOC(=O)NC(CN=C(N)N(C)C1CC1)CC(C)C. The van der Waals surface area contributed by atoms with Crippen LogP contribution >= 0.6 is 0 Å². The molecular formula is C14H28N4O2. The average Bonchev–Trinajstić information content (AvgIpc) is 3.18. The maximum atomic E-state index is 11.5. The fraction of sp³-hybridized carbons (Fsp3) is 0.857. The standard InChI is InChI=1S/C14H28N4O2/c1-5-20-14(19)17-11(8-10(2)3)9-16-13(15)18(4)12-6-7-12/h10-12H,5-9H2,1-4H3,(H2,15,16)(H,17,19). The number of guanidine groups is 1. The number of alkyl carbamates (subject to hydrolysis) is 1. The summed E-state index contributed by atoms with van der Waals surface area (Å²) in [5.41, 5.74) is 5.96. The van der Waals surface area contributed by atoms with Crippen molar-refractivity contribution < 1.29 is 9.53 Å². The first-order valence-electron chi connectivity index (χ1n) is 7.40. The topological polar surface area (TPSA) is 79.9 Å². The largest absolute Gasteiger partial charge is 0.450 e. The molecule has 6 heteroatoms. The van der Waals surface area contributed by atoms with E-state index in [2.05, 4.69) is 24.2 Å². The molecule has 0 aromatic heterocycles. The number of amides is 1. The highest BCUT2D eigenvalue weighted by Gasteiger charge is 2.27. The molecule has 0 saturated heterocycles. The summed E-state index contributed by atoms with van der Waals surface area (Å²) in [5, 5.41) is 2.85. The van der Waals surface area contributed by atoms with E-state index in [1.807, 2.05) is 11.9 Å². The van der Waals surface area contributed by atoms with Gasteiger partial charge < -0.3 is 20.7 Å². The van der Waals surface area contributed by atoms with E-state index in [4.69, 9.17) is 10.5 Å². The van der Waals surface area contributed by atoms with Crippen molar-refractivity contribution in [3.8, 4) is 0 Å². The lowest BCUT2D eigenvalue weighted by molar-refractivity contribution is 0.147. The van der Waals surface area contributed by atoms with E-state index in [1.165, 1.54) is 12.8 Å². The monoisotopic (exact) mass is 284 g/mol. The third-order valence-corrected chi connectivity index (χ3v) is 3.28. The van der Waals surface area contributed by atoms with Gasteiger partial charge in [0.2, 0.25) is 0 Å². The summed E-state index contributed by atoms with van der Waals surface area (Å²) in [6.07, 6.45) is 2.83. The van der Waals surface area contributed by atoms with Gasteiger partial charge in [-0.1, -0.05) is 13.8 Å². The Bertz CT molecular complexity index is 340. The van der Waals surface area contributed by atoms with E-state index in [-0.39, 0.29) is 12.1 Å². The van der Waals surface area contributed by atoms with Gasteiger partial charge >= 0.3 is 6.09 Å². The van der Waals surface area contributed by atoms with Crippen LogP contribution in [0, 0.1) is 5.92 Å². The van der Waals surface area contributed by atoms with Gasteiger partial charge in [0, 0.05) is 13.1 Å². The van der Waals surface area contributed by atoms with Crippen molar-refractivity contribution in [2.45, 2.75) is 52.1 Å². The number of hydrogen-bond donors (Lipinski definition) is 2. The second-order valence-corrected chi connectivity index (χ2v) is 5.73. The summed E-state index contributed by atoms with van der Waals surface area (Å²) < 4.78 is 4.92. The quantitative estimate of drug-likeness (QED) is 0.549. The molecular weight excluding hydrogens is 256 g/mol. The average molecular weight is 284 g/mol. The highest BCUT2D eigenvalue weighted by molar-refractivity contribution is 5.78. The molecule has 1 unspecified atom stereocenters. The minimum absolute atomic E-state index is 0.0415. The van der Waals surface area contributed by atoms with Crippen molar-refractivity contribution in [2.75, 3.05) is 20.2 Å². The zero-order chi connectivity index (χ0) is 15.1. The number of rotatable bonds is 7. The van der Waals surface area contributed by atoms with Crippen molar-refractivity contribution in [1.29, 1.82) is 0 Å². The summed E-state index contributed by atoms with van der Waals surface area (Å²) in [6, 6.07) is 0.500. The molecule has 0 aromatic carbocycles. The number of ether oxygens (including phenoxy) is 1. The van der Waals surface area contributed by atoms with Crippen LogP contribution in [0.1, 0.15) is 40.0 Å². The summed E-state index contributed by atoms with van der Waals surface area (Å²) >= 11 is 0. The molecule has 0 heterocycles. The Kier molecular flexibility index (Phi) is 6.61. The van der Waals surface area contributed by atoms with Crippen molar-refractivity contribution >= 4 is 12.1 Å². The van der Waals surface area contributed by atoms with E-state index in [1.54, 1.807) is 6.92 Å². The Balaban J connectivity index is 2.49. The Morgan fingerprint density at radius 3 is 2.65 bits per heavy atom. The summed E-state index contributed by atoms with van der Waals surface area (Å²) in [4.78, 5) is 17.9. The zero-order valence-corrected chi connectivity index (χ0v) is 13.1. The Morgan fingerprint density at radius 1 is 1.50 bits per heavy atom. The molecule has 1 rings (SSSR count). The Labute approximate surface area is 121 Å². The van der Waals surface area contributed by atoms with E-state index in [0.29, 0.717) is 31.1 Å². The molecule has 0 spiro atoms.